The Kier molecular flexibility index (Phi) is 7.03. The van der Waals surface area contributed by atoms with Crippen molar-refractivity contribution in [1.82, 2.24) is 0 Å². The second kappa shape index (κ2) is 9.45. The van der Waals surface area contributed by atoms with E-state index in [0.717, 1.165) is 7.11 Å². The van der Waals surface area contributed by atoms with E-state index < -0.39 is 11.9 Å². The van der Waals surface area contributed by atoms with Crippen molar-refractivity contribution in [3.8, 4) is 28.4 Å². The number of hydrogen-bond acceptors (Lipinski definition) is 6. The van der Waals surface area contributed by atoms with Crippen molar-refractivity contribution in [2.45, 2.75) is 0 Å². The van der Waals surface area contributed by atoms with E-state index in [0.29, 0.717) is 22.8 Å². The van der Waals surface area contributed by atoms with Gasteiger partial charge in [0.25, 0.3) is 0 Å². The van der Waals surface area contributed by atoms with Crippen LogP contribution < -0.4 is 14.2 Å². The molecule has 0 bridgehead atoms. The summed E-state index contributed by atoms with van der Waals surface area (Å²) in [5.41, 5.74) is 2.74. The normalized spacial score (nSPS) is 10.8. The van der Waals surface area contributed by atoms with Crippen molar-refractivity contribution in [1.29, 1.82) is 0 Å². The first-order chi connectivity index (χ1) is 13.9. The summed E-state index contributed by atoms with van der Waals surface area (Å²) in [7, 11) is 5.51. The van der Waals surface area contributed by atoms with Crippen LogP contribution in [0.4, 0.5) is 0 Å². The molecule has 2 aliphatic carbocycles. The lowest BCUT2D eigenvalue weighted by molar-refractivity contribution is -0.138. The van der Waals surface area contributed by atoms with Gasteiger partial charge in [0.05, 0.1) is 39.6 Å². The first-order valence-electron chi connectivity index (χ1n) is 8.49. The Bertz CT molecular complexity index is 931. The summed E-state index contributed by atoms with van der Waals surface area (Å²) in [4.78, 5) is 22.9. The first-order valence-corrected chi connectivity index (χ1v) is 8.49. The number of benzene rings is 2. The van der Waals surface area contributed by atoms with Crippen LogP contribution >= 0.6 is 0 Å². The van der Waals surface area contributed by atoms with Gasteiger partial charge in [0.15, 0.2) is 11.5 Å². The summed E-state index contributed by atoms with van der Waals surface area (Å²) in [6, 6.07) is 11.6. The number of aliphatic carboxylic acids is 1. The average molecular weight is 398 g/mol. The highest BCUT2D eigenvalue weighted by molar-refractivity contribution is 6.09. The molecule has 0 radical (unpaired) electrons. The molecule has 7 heteroatoms. The van der Waals surface area contributed by atoms with Gasteiger partial charge in [-0.15, -0.1) is 0 Å². The molecular formula is C22H22O7. The van der Waals surface area contributed by atoms with Crippen molar-refractivity contribution < 1.29 is 33.6 Å². The molecule has 7 nitrogen and oxygen atoms in total. The van der Waals surface area contributed by atoms with E-state index in [1.807, 2.05) is 0 Å². The van der Waals surface area contributed by atoms with Gasteiger partial charge in [0, 0.05) is 0 Å². The fourth-order valence-corrected chi connectivity index (χ4v) is 2.52. The number of hydrogen-bond donors (Lipinski definition) is 1. The van der Waals surface area contributed by atoms with Crippen LogP contribution in [0, 0.1) is 0 Å². The minimum absolute atomic E-state index is 0.186. The van der Waals surface area contributed by atoms with Crippen LogP contribution in [0.2, 0.25) is 0 Å². The van der Waals surface area contributed by atoms with Gasteiger partial charge in [0.2, 0.25) is 5.75 Å². The Balaban J connectivity index is 0.000000414. The quantitative estimate of drug-likeness (QED) is 0.369. The summed E-state index contributed by atoms with van der Waals surface area (Å²) < 4.78 is 20.2. The second-order valence-corrected chi connectivity index (χ2v) is 5.87. The molecule has 0 heterocycles. The van der Waals surface area contributed by atoms with Crippen LogP contribution in [0.3, 0.4) is 0 Å². The SMILES string of the molecule is C=C(C(=O)O)C(=Cc1cc(OC)c(OC)c(OC)c1)C(=O)OC.c1cc2cc-2c1. The highest BCUT2D eigenvalue weighted by Crippen LogP contribution is 2.39. The molecule has 0 saturated carbocycles. The van der Waals surface area contributed by atoms with Crippen LogP contribution in [0.5, 0.6) is 17.2 Å². The third-order valence-electron chi connectivity index (χ3n) is 4.10. The largest absolute Gasteiger partial charge is 0.493 e. The van der Waals surface area contributed by atoms with E-state index in [4.69, 9.17) is 19.3 Å². The van der Waals surface area contributed by atoms with Crippen LogP contribution in [0.25, 0.3) is 17.2 Å². The number of rotatable bonds is 7. The van der Waals surface area contributed by atoms with Crippen LogP contribution in [-0.2, 0) is 14.3 Å². The molecule has 2 aliphatic rings. The van der Waals surface area contributed by atoms with Gasteiger partial charge < -0.3 is 24.1 Å². The van der Waals surface area contributed by atoms with Gasteiger partial charge >= 0.3 is 11.9 Å². The summed E-state index contributed by atoms with van der Waals surface area (Å²) in [5, 5.41) is 9.04. The number of methoxy groups -OCH3 is 4. The van der Waals surface area contributed by atoms with Crippen LogP contribution in [-0.4, -0.2) is 45.5 Å². The zero-order valence-corrected chi connectivity index (χ0v) is 16.6. The number of fused-ring (bicyclic) bond motifs is 1. The molecule has 0 fully saturated rings. The number of carboxylic acids is 1. The molecule has 0 unspecified atom stereocenters. The Labute approximate surface area is 168 Å². The lowest BCUT2D eigenvalue weighted by Gasteiger charge is -2.13. The van der Waals surface area contributed by atoms with Crippen molar-refractivity contribution in [3.05, 3.63) is 59.7 Å². The van der Waals surface area contributed by atoms with Crippen molar-refractivity contribution in [2.75, 3.05) is 28.4 Å². The number of ether oxygens (including phenoxy) is 4. The average Bonchev–Trinajstić information content (AvgIpc) is 3.34. The smallest absolute Gasteiger partial charge is 0.338 e. The molecule has 0 aliphatic heterocycles. The van der Waals surface area contributed by atoms with Gasteiger partial charge in [-0.1, -0.05) is 24.8 Å². The van der Waals surface area contributed by atoms with Crippen molar-refractivity contribution >= 4 is 18.0 Å². The van der Waals surface area contributed by atoms with E-state index in [9.17, 15) is 9.59 Å². The fraction of sp³-hybridized carbons (Fsp3) is 0.182. The number of carbonyl (C=O) groups excluding carboxylic acids is 1. The molecule has 3 rings (SSSR count). The third-order valence-corrected chi connectivity index (χ3v) is 4.10. The number of carboxylic acid groups (broad SMARTS) is 1. The molecular weight excluding hydrogens is 376 g/mol. The molecule has 1 N–H and O–H groups in total. The zero-order valence-electron chi connectivity index (χ0n) is 16.6. The minimum Gasteiger partial charge on any atom is -0.493 e. The molecule has 0 atom stereocenters. The summed E-state index contributed by atoms with van der Waals surface area (Å²) >= 11 is 0. The van der Waals surface area contributed by atoms with Gasteiger partial charge in [-0.05, 0) is 41.0 Å². The molecule has 29 heavy (non-hydrogen) atoms. The molecule has 0 spiro atoms. The first kappa shape index (κ1) is 21.6. The zero-order chi connectivity index (χ0) is 21.6. The molecule has 1 aromatic carbocycles. The summed E-state index contributed by atoms with van der Waals surface area (Å²) in [6.45, 7) is 3.38. The molecule has 0 amide bonds. The van der Waals surface area contributed by atoms with E-state index in [1.165, 1.54) is 38.5 Å². The Morgan fingerprint density at radius 3 is 1.79 bits per heavy atom. The van der Waals surface area contributed by atoms with E-state index in [1.54, 1.807) is 12.1 Å². The lowest BCUT2D eigenvalue weighted by atomic mass is 10.0. The lowest BCUT2D eigenvalue weighted by Crippen LogP contribution is -2.12. The van der Waals surface area contributed by atoms with Gasteiger partial charge in [0.1, 0.15) is 0 Å². The maximum Gasteiger partial charge on any atom is 0.338 e. The van der Waals surface area contributed by atoms with Gasteiger partial charge in [-0.3, -0.25) is 0 Å². The highest BCUT2D eigenvalue weighted by Gasteiger charge is 2.20. The Morgan fingerprint density at radius 1 is 0.931 bits per heavy atom. The van der Waals surface area contributed by atoms with E-state index >= 15 is 0 Å². The second-order valence-electron chi connectivity index (χ2n) is 5.87. The van der Waals surface area contributed by atoms with Crippen LogP contribution in [0.15, 0.2) is 54.1 Å². The molecule has 0 saturated heterocycles. The fourth-order valence-electron chi connectivity index (χ4n) is 2.52. The standard InChI is InChI=1S/C16H18O7.C6H4/c1-9(15(17)18)11(16(19)23-5)6-10-7-12(20-2)14(22-4)13(8-10)21-3;1-2-5-4-6(5)3-1/h6-8H,1H2,2-5H3,(H,17,18);1-4H. The number of carbonyl (C=O) groups is 2. The van der Waals surface area contributed by atoms with Crippen molar-refractivity contribution in [2.24, 2.45) is 0 Å². The van der Waals surface area contributed by atoms with E-state index in [-0.39, 0.29) is 11.1 Å². The monoisotopic (exact) mass is 398 g/mol. The molecule has 152 valence electrons. The van der Waals surface area contributed by atoms with Crippen molar-refractivity contribution in [3.63, 3.8) is 0 Å². The topological polar surface area (TPSA) is 91.3 Å². The maximum absolute atomic E-state index is 11.8. The van der Waals surface area contributed by atoms with Gasteiger partial charge in [-0.2, -0.15) is 0 Å². The molecule has 0 aromatic heterocycles. The number of esters is 1. The predicted octanol–water partition coefficient (Wildman–Crippen LogP) is 3.58. The Hall–Kier alpha value is -3.74. The minimum atomic E-state index is -1.32. The van der Waals surface area contributed by atoms with Gasteiger partial charge in [-0.25, -0.2) is 9.59 Å². The van der Waals surface area contributed by atoms with E-state index in [2.05, 4.69) is 35.6 Å². The molecule has 1 aromatic rings. The highest BCUT2D eigenvalue weighted by atomic mass is 16.5. The third kappa shape index (κ3) is 5.16. The predicted molar refractivity (Wildman–Crippen MR) is 108 cm³/mol. The summed E-state index contributed by atoms with van der Waals surface area (Å²) in [5.74, 6) is -1.03. The van der Waals surface area contributed by atoms with Crippen LogP contribution in [0.1, 0.15) is 5.56 Å². The summed E-state index contributed by atoms with van der Waals surface area (Å²) in [6.07, 6.45) is 1.33. The Morgan fingerprint density at radius 2 is 1.48 bits per heavy atom. The maximum atomic E-state index is 11.8.